The summed E-state index contributed by atoms with van der Waals surface area (Å²) in [6, 6.07) is 16.6. The van der Waals surface area contributed by atoms with Crippen molar-refractivity contribution in [1.82, 2.24) is 9.97 Å². The molecule has 0 aliphatic heterocycles. The molecule has 22 heavy (non-hydrogen) atoms. The van der Waals surface area contributed by atoms with Gasteiger partial charge in [-0.1, -0.05) is 42.5 Å². The SMILES string of the molecule is O=C/C(=C\c1ccccc1)Sc1nc2ccccc2c(=O)[nH]1. The lowest BCUT2D eigenvalue weighted by atomic mass is 10.2. The maximum absolute atomic E-state index is 12.0. The number of aldehydes is 1. The highest BCUT2D eigenvalue weighted by Crippen LogP contribution is 2.24. The Balaban J connectivity index is 1.96. The molecule has 0 bridgehead atoms. The van der Waals surface area contributed by atoms with Crippen LogP contribution in [0.15, 0.2) is 69.5 Å². The van der Waals surface area contributed by atoms with E-state index in [1.165, 1.54) is 0 Å². The number of aromatic nitrogens is 2. The van der Waals surface area contributed by atoms with E-state index in [-0.39, 0.29) is 5.56 Å². The molecule has 3 aromatic rings. The number of para-hydroxylation sites is 1. The number of nitrogens with zero attached hydrogens (tertiary/aromatic N) is 1. The number of carbonyl (C=O) groups is 1. The second-order valence-electron chi connectivity index (χ2n) is 4.57. The van der Waals surface area contributed by atoms with E-state index in [4.69, 9.17) is 0 Å². The molecule has 0 radical (unpaired) electrons. The number of nitrogens with one attached hydrogen (secondary N) is 1. The Labute approximate surface area is 130 Å². The van der Waals surface area contributed by atoms with Crippen LogP contribution in [0.2, 0.25) is 0 Å². The van der Waals surface area contributed by atoms with Crippen molar-refractivity contribution in [3.8, 4) is 0 Å². The third-order valence-corrected chi connectivity index (χ3v) is 3.87. The lowest BCUT2D eigenvalue weighted by Crippen LogP contribution is -2.08. The minimum Gasteiger partial charge on any atom is -0.301 e. The van der Waals surface area contributed by atoms with Crippen molar-refractivity contribution < 1.29 is 4.79 Å². The van der Waals surface area contributed by atoms with Gasteiger partial charge in [0.2, 0.25) is 0 Å². The molecule has 0 aliphatic carbocycles. The molecule has 0 aliphatic rings. The van der Waals surface area contributed by atoms with E-state index in [0.717, 1.165) is 23.6 Å². The Kier molecular flexibility index (Phi) is 4.16. The Morgan fingerprint density at radius 3 is 2.55 bits per heavy atom. The van der Waals surface area contributed by atoms with Gasteiger partial charge in [-0.25, -0.2) is 4.98 Å². The predicted molar refractivity (Wildman–Crippen MR) is 88.7 cm³/mol. The van der Waals surface area contributed by atoms with Gasteiger partial charge in [-0.2, -0.15) is 0 Å². The molecule has 2 aromatic carbocycles. The van der Waals surface area contributed by atoms with E-state index in [1.54, 1.807) is 24.3 Å². The standard InChI is InChI=1S/C17H12N2O2S/c20-11-13(10-12-6-2-1-3-7-12)22-17-18-15-9-5-4-8-14(15)16(21)19-17/h1-11H,(H,18,19,21)/b13-10+. The first-order valence-corrected chi connectivity index (χ1v) is 7.47. The number of aromatic amines is 1. The fourth-order valence-electron chi connectivity index (χ4n) is 2.03. The van der Waals surface area contributed by atoms with Gasteiger partial charge in [0.05, 0.1) is 15.8 Å². The summed E-state index contributed by atoms with van der Waals surface area (Å²) in [7, 11) is 0. The van der Waals surface area contributed by atoms with Crippen LogP contribution in [0.1, 0.15) is 5.56 Å². The lowest BCUT2D eigenvalue weighted by molar-refractivity contribution is -0.104. The molecule has 1 aromatic heterocycles. The summed E-state index contributed by atoms with van der Waals surface area (Å²) < 4.78 is 0. The molecule has 0 spiro atoms. The molecule has 1 heterocycles. The molecule has 108 valence electrons. The molecule has 0 fully saturated rings. The summed E-state index contributed by atoms with van der Waals surface area (Å²) in [5.41, 5.74) is 1.32. The van der Waals surface area contributed by atoms with Crippen molar-refractivity contribution >= 4 is 35.0 Å². The molecule has 0 saturated carbocycles. The quantitative estimate of drug-likeness (QED) is 0.348. The molecule has 0 saturated heterocycles. The maximum atomic E-state index is 12.0. The van der Waals surface area contributed by atoms with Crippen molar-refractivity contribution in [1.29, 1.82) is 0 Å². The topological polar surface area (TPSA) is 62.8 Å². The number of hydrogen-bond donors (Lipinski definition) is 1. The number of fused-ring (bicyclic) bond motifs is 1. The second-order valence-corrected chi connectivity index (χ2v) is 5.63. The van der Waals surface area contributed by atoms with Gasteiger partial charge >= 0.3 is 0 Å². The number of carbonyl (C=O) groups excluding carboxylic acids is 1. The average Bonchev–Trinajstić information content (AvgIpc) is 2.55. The fourth-order valence-corrected chi connectivity index (χ4v) is 2.78. The lowest BCUT2D eigenvalue weighted by Gasteiger charge is -2.02. The first kappa shape index (κ1) is 14.3. The Morgan fingerprint density at radius 2 is 1.77 bits per heavy atom. The highest BCUT2D eigenvalue weighted by atomic mass is 32.2. The van der Waals surface area contributed by atoms with E-state index in [1.807, 2.05) is 36.4 Å². The second kappa shape index (κ2) is 6.41. The zero-order valence-electron chi connectivity index (χ0n) is 11.5. The summed E-state index contributed by atoms with van der Waals surface area (Å²) in [5, 5.41) is 0.935. The molecular formula is C17H12N2O2S. The summed E-state index contributed by atoms with van der Waals surface area (Å²) in [4.78, 5) is 30.8. The third-order valence-electron chi connectivity index (χ3n) is 3.03. The molecule has 3 rings (SSSR count). The van der Waals surface area contributed by atoms with Crippen LogP contribution in [0, 0.1) is 0 Å². The predicted octanol–water partition coefficient (Wildman–Crippen LogP) is 3.26. The van der Waals surface area contributed by atoms with Gasteiger partial charge in [0.25, 0.3) is 5.56 Å². The minimum absolute atomic E-state index is 0.210. The molecule has 0 amide bonds. The highest BCUT2D eigenvalue weighted by molar-refractivity contribution is 8.03. The van der Waals surface area contributed by atoms with Crippen molar-refractivity contribution in [2.75, 3.05) is 0 Å². The van der Waals surface area contributed by atoms with Crippen LogP contribution in [-0.2, 0) is 4.79 Å². The minimum atomic E-state index is -0.210. The number of hydrogen-bond acceptors (Lipinski definition) is 4. The Morgan fingerprint density at radius 1 is 1.05 bits per heavy atom. The number of benzene rings is 2. The normalized spacial score (nSPS) is 11.5. The summed E-state index contributed by atoms with van der Waals surface area (Å²) in [6.45, 7) is 0. The zero-order chi connectivity index (χ0) is 15.4. The molecule has 5 heteroatoms. The van der Waals surface area contributed by atoms with Crippen LogP contribution in [0.4, 0.5) is 0 Å². The van der Waals surface area contributed by atoms with Gasteiger partial charge < -0.3 is 4.98 Å². The summed E-state index contributed by atoms with van der Waals surface area (Å²) in [5.74, 6) is 0. The van der Waals surface area contributed by atoms with Crippen molar-refractivity contribution in [2.24, 2.45) is 0 Å². The first-order valence-electron chi connectivity index (χ1n) is 6.65. The van der Waals surface area contributed by atoms with Crippen LogP contribution >= 0.6 is 11.8 Å². The molecule has 0 unspecified atom stereocenters. The summed E-state index contributed by atoms with van der Waals surface area (Å²) in [6.07, 6.45) is 2.51. The molecule has 0 atom stereocenters. The van der Waals surface area contributed by atoms with Gasteiger partial charge in [0.15, 0.2) is 11.4 Å². The Bertz CT molecular complexity index is 901. The van der Waals surface area contributed by atoms with Crippen molar-refractivity contribution in [2.45, 2.75) is 5.16 Å². The van der Waals surface area contributed by atoms with Gasteiger partial charge in [0, 0.05) is 0 Å². The van der Waals surface area contributed by atoms with Crippen LogP contribution in [0.25, 0.3) is 17.0 Å². The van der Waals surface area contributed by atoms with Crippen LogP contribution in [0.3, 0.4) is 0 Å². The van der Waals surface area contributed by atoms with Gasteiger partial charge in [-0.15, -0.1) is 0 Å². The van der Waals surface area contributed by atoms with Gasteiger partial charge in [-0.05, 0) is 35.5 Å². The van der Waals surface area contributed by atoms with Crippen LogP contribution in [0.5, 0.6) is 0 Å². The monoisotopic (exact) mass is 308 g/mol. The average molecular weight is 308 g/mol. The van der Waals surface area contributed by atoms with E-state index in [2.05, 4.69) is 9.97 Å². The van der Waals surface area contributed by atoms with Crippen molar-refractivity contribution in [3.63, 3.8) is 0 Å². The number of allylic oxidation sites excluding steroid dienone is 1. The molecule has 1 N–H and O–H groups in total. The van der Waals surface area contributed by atoms with Gasteiger partial charge in [-0.3, -0.25) is 9.59 Å². The van der Waals surface area contributed by atoms with Crippen LogP contribution < -0.4 is 5.56 Å². The van der Waals surface area contributed by atoms with E-state index in [0.29, 0.717) is 21.0 Å². The third kappa shape index (κ3) is 3.15. The smallest absolute Gasteiger partial charge is 0.259 e. The highest BCUT2D eigenvalue weighted by Gasteiger charge is 2.06. The van der Waals surface area contributed by atoms with E-state index in [9.17, 15) is 9.59 Å². The summed E-state index contributed by atoms with van der Waals surface area (Å²) >= 11 is 1.14. The Hall–Kier alpha value is -2.66. The number of rotatable bonds is 4. The first-order chi connectivity index (χ1) is 10.8. The maximum Gasteiger partial charge on any atom is 0.259 e. The van der Waals surface area contributed by atoms with Crippen molar-refractivity contribution in [3.05, 3.63) is 75.4 Å². The largest absolute Gasteiger partial charge is 0.301 e. The molecule has 4 nitrogen and oxygen atoms in total. The number of thioether (sulfide) groups is 1. The zero-order valence-corrected chi connectivity index (χ0v) is 12.3. The fraction of sp³-hybridized carbons (Fsp3) is 0. The van der Waals surface area contributed by atoms with Crippen LogP contribution in [-0.4, -0.2) is 16.3 Å². The number of H-pyrrole nitrogens is 1. The van der Waals surface area contributed by atoms with E-state index < -0.39 is 0 Å². The van der Waals surface area contributed by atoms with Gasteiger partial charge in [0.1, 0.15) is 0 Å². The van der Waals surface area contributed by atoms with E-state index >= 15 is 0 Å². The molecular weight excluding hydrogens is 296 g/mol.